The number of nitrogens with one attached hydrogen (secondary N) is 1. The Bertz CT molecular complexity index is 1270. The van der Waals surface area contributed by atoms with Crippen LogP contribution in [0.1, 0.15) is 22.4 Å². The maximum Gasteiger partial charge on any atom is 0.153 e. The van der Waals surface area contributed by atoms with Gasteiger partial charge in [-0.2, -0.15) is 0 Å². The summed E-state index contributed by atoms with van der Waals surface area (Å²) >= 11 is 0. The van der Waals surface area contributed by atoms with Crippen LogP contribution in [-0.2, 0) is 13.1 Å². The van der Waals surface area contributed by atoms with Crippen molar-refractivity contribution in [3.05, 3.63) is 114 Å². The fraction of sp³-hybridized carbons (Fsp3) is 0.0800. The Kier molecular flexibility index (Phi) is 4.65. The van der Waals surface area contributed by atoms with Crippen molar-refractivity contribution < 1.29 is 9.13 Å². The molecule has 0 saturated heterocycles. The van der Waals surface area contributed by atoms with Crippen LogP contribution in [0.5, 0.6) is 5.75 Å². The molecule has 1 aliphatic heterocycles. The smallest absolute Gasteiger partial charge is 0.153 e. The number of ether oxygens (including phenoxy) is 1. The highest BCUT2D eigenvalue weighted by atomic mass is 19.1. The highest BCUT2D eigenvalue weighted by Crippen LogP contribution is 2.36. The van der Waals surface area contributed by atoms with Crippen molar-refractivity contribution in [1.29, 1.82) is 0 Å². The average molecular weight is 397 g/mol. The Morgan fingerprint density at radius 1 is 1.00 bits per heavy atom. The summed E-state index contributed by atoms with van der Waals surface area (Å²) in [5.41, 5.74) is 5.88. The SMILES string of the molecule is C=C1C=C(c2cc3cccn3cn2)Oc2ccc(CNCc3ccc(F)cc3)cc21. The zero-order valence-electron chi connectivity index (χ0n) is 16.3. The predicted octanol–water partition coefficient (Wildman–Crippen LogP) is 5.21. The van der Waals surface area contributed by atoms with E-state index in [-0.39, 0.29) is 5.82 Å². The Labute approximate surface area is 174 Å². The van der Waals surface area contributed by atoms with Crippen molar-refractivity contribution >= 4 is 16.8 Å². The molecule has 0 saturated carbocycles. The second-order valence-electron chi connectivity index (χ2n) is 7.31. The summed E-state index contributed by atoms with van der Waals surface area (Å²) < 4.78 is 21.1. The zero-order chi connectivity index (χ0) is 20.5. The molecule has 0 atom stereocenters. The van der Waals surface area contributed by atoms with Gasteiger partial charge in [0.2, 0.25) is 0 Å². The lowest BCUT2D eigenvalue weighted by atomic mass is 9.99. The molecule has 0 bridgehead atoms. The van der Waals surface area contributed by atoms with Crippen molar-refractivity contribution in [2.45, 2.75) is 13.1 Å². The summed E-state index contributed by atoms with van der Waals surface area (Å²) in [5, 5.41) is 3.39. The summed E-state index contributed by atoms with van der Waals surface area (Å²) in [6.45, 7) is 5.58. The molecular weight excluding hydrogens is 377 g/mol. The lowest BCUT2D eigenvalue weighted by Gasteiger charge is -2.20. The Hall–Kier alpha value is -3.70. The van der Waals surface area contributed by atoms with Crippen LogP contribution in [0, 0.1) is 5.82 Å². The normalized spacial score (nSPS) is 13.1. The molecule has 1 aliphatic rings. The van der Waals surface area contributed by atoms with E-state index in [2.05, 4.69) is 22.9 Å². The van der Waals surface area contributed by atoms with Gasteiger partial charge in [-0.15, -0.1) is 0 Å². The van der Waals surface area contributed by atoms with Crippen LogP contribution in [0.25, 0.3) is 16.8 Å². The van der Waals surface area contributed by atoms with E-state index in [1.54, 1.807) is 18.5 Å². The van der Waals surface area contributed by atoms with Crippen LogP contribution in [0.4, 0.5) is 4.39 Å². The summed E-state index contributed by atoms with van der Waals surface area (Å²) in [6, 6.07) is 18.6. The van der Waals surface area contributed by atoms with Crippen molar-refractivity contribution in [3.8, 4) is 5.75 Å². The second kappa shape index (κ2) is 7.61. The van der Waals surface area contributed by atoms with E-state index >= 15 is 0 Å². The molecule has 5 rings (SSSR count). The van der Waals surface area contributed by atoms with Gasteiger partial charge >= 0.3 is 0 Å². The summed E-state index contributed by atoms with van der Waals surface area (Å²) in [4.78, 5) is 4.50. The maximum absolute atomic E-state index is 13.0. The molecule has 3 heterocycles. The first-order chi connectivity index (χ1) is 14.7. The van der Waals surface area contributed by atoms with Gasteiger partial charge in [-0.25, -0.2) is 9.37 Å². The van der Waals surface area contributed by atoms with Crippen LogP contribution in [0.15, 0.2) is 85.8 Å². The highest BCUT2D eigenvalue weighted by Gasteiger charge is 2.18. The predicted molar refractivity (Wildman–Crippen MR) is 116 cm³/mol. The zero-order valence-corrected chi connectivity index (χ0v) is 16.3. The molecule has 0 unspecified atom stereocenters. The standard InChI is InChI=1S/C25H20FN3O/c1-17-11-25(23-13-21-3-2-10-29(21)16-28-23)30-24-9-6-19(12-22(17)24)15-27-14-18-4-7-20(26)8-5-18/h2-13,16,27H,1,14-15H2. The van der Waals surface area contributed by atoms with Crippen molar-refractivity contribution in [2.24, 2.45) is 0 Å². The van der Waals surface area contributed by atoms with E-state index in [1.165, 1.54) is 12.1 Å². The molecule has 0 amide bonds. The first kappa shape index (κ1) is 18.3. The molecular formula is C25H20FN3O. The van der Waals surface area contributed by atoms with E-state index in [9.17, 15) is 4.39 Å². The molecule has 0 spiro atoms. The van der Waals surface area contributed by atoms with Gasteiger partial charge in [0, 0.05) is 30.4 Å². The molecule has 30 heavy (non-hydrogen) atoms. The van der Waals surface area contributed by atoms with Crippen molar-refractivity contribution in [1.82, 2.24) is 14.7 Å². The number of benzene rings is 2. The average Bonchev–Trinajstić information content (AvgIpc) is 3.23. The van der Waals surface area contributed by atoms with E-state index in [1.807, 2.05) is 47.0 Å². The number of aromatic nitrogens is 2. The van der Waals surface area contributed by atoms with Crippen LogP contribution in [-0.4, -0.2) is 9.38 Å². The van der Waals surface area contributed by atoms with Gasteiger partial charge in [-0.1, -0.05) is 24.8 Å². The topological polar surface area (TPSA) is 38.6 Å². The molecule has 1 N–H and O–H groups in total. The van der Waals surface area contributed by atoms with Gasteiger partial charge in [0.25, 0.3) is 0 Å². The number of fused-ring (bicyclic) bond motifs is 2. The third kappa shape index (κ3) is 3.63. The summed E-state index contributed by atoms with van der Waals surface area (Å²) in [7, 11) is 0. The van der Waals surface area contributed by atoms with Gasteiger partial charge < -0.3 is 14.5 Å². The van der Waals surface area contributed by atoms with Gasteiger partial charge in [-0.05, 0) is 65.2 Å². The number of hydrogen-bond acceptors (Lipinski definition) is 3. The Balaban J connectivity index is 1.30. The number of hydrogen-bond donors (Lipinski definition) is 1. The molecule has 4 aromatic rings. The van der Waals surface area contributed by atoms with E-state index < -0.39 is 0 Å². The minimum absolute atomic E-state index is 0.219. The molecule has 0 radical (unpaired) electrons. The van der Waals surface area contributed by atoms with E-state index in [0.29, 0.717) is 18.8 Å². The lowest BCUT2D eigenvalue weighted by Crippen LogP contribution is -2.13. The lowest BCUT2D eigenvalue weighted by molar-refractivity contribution is 0.506. The summed E-state index contributed by atoms with van der Waals surface area (Å²) in [6.07, 6.45) is 5.67. The largest absolute Gasteiger partial charge is 0.454 e. The molecule has 0 fully saturated rings. The van der Waals surface area contributed by atoms with Crippen LogP contribution < -0.4 is 10.1 Å². The maximum atomic E-state index is 13.0. The van der Waals surface area contributed by atoms with Crippen molar-refractivity contribution in [2.75, 3.05) is 0 Å². The van der Waals surface area contributed by atoms with E-state index in [0.717, 1.165) is 39.2 Å². The number of rotatable bonds is 5. The highest BCUT2D eigenvalue weighted by molar-refractivity contribution is 5.87. The quantitative estimate of drug-likeness (QED) is 0.502. The minimum atomic E-state index is -0.219. The monoisotopic (exact) mass is 397 g/mol. The fourth-order valence-corrected chi connectivity index (χ4v) is 3.56. The first-order valence-corrected chi connectivity index (χ1v) is 9.76. The minimum Gasteiger partial charge on any atom is -0.454 e. The Morgan fingerprint density at radius 3 is 2.67 bits per heavy atom. The second-order valence-corrected chi connectivity index (χ2v) is 7.31. The van der Waals surface area contributed by atoms with E-state index in [4.69, 9.17) is 4.74 Å². The number of nitrogens with zero attached hydrogens (tertiary/aromatic N) is 2. The van der Waals surface area contributed by atoms with Crippen LogP contribution >= 0.6 is 0 Å². The molecule has 2 aromatic carbocycles. The first-order valence-electron chi connectivity index (χ1n) is 9.76. The molecule has 148 valence electrons. The molecule has 0 aliphatic carbocycles. The van der Waals surface area contributed by atoms with Crippen LogP contribution in [0.2, 0.25) is 0 Å². The van der Waals surface area contributed by atoms with Crippen molar-refractivity contribution in [3.63, 3.8) is 0 Å². The van der Waals surface area contributed by atoms with Gasteiger partial charge in [0.05, 0.1) is 6.33 Å². The summed E-state index contributed by atoms with van der Waals surface area (Å²) in [5.74, 6) is 1.25. The van der Waals surface area contributed by atoms with Gasteiger partial charge in [-0.3, -0.25) is 0 Å². The van der Waals surface area contributed by atoms with Crippen LogP contribution in [0.3, 0.4) is 0 Å². The third-order valence-corrected chi connectivity index (χ3v) is 5.16. The molecule has 2 aromatic heterocycles. The number of halogens is 1. The Morgan fingerprint density at radius 2 is 1.80 bits per heavy atom. The number of allylic oxidation sites excluding steroid dienone is 2. The fourth-order valence-electron chi connectivity index (χ4n) is 3.56. The molecule has 5 heteroatoms. The van der Waals surface area contributed by atoms with Gasteiger partial charge in [0.1, 0.15) is 17.3 Å². The van der Waals surface area contributed by atoms with Gasteiger partial charge in [0.15, 0.2) is 5.76 Å². The third-order valence-electron chi connectivity index (χ3n) is 5.16. The molecule has 4 nitrogen and oxygen atoms in total.